The Balaban J connectivity index is 2.57. The van der Waals surface area contributed by atoms with Gasteiger partial charge in [0.1, 0.15) is 0 Å². The predicted octanol–water partition coefficient (Wildman–Crippen LogP) is 1.77. The van der Waals surface area contributed by atoms with Gasteiger partial charge in [0.2, 0.25) is 0 Å². The van der Waals surface area contributed by atoms with E-state index in [1.807, 2.05) is 16.7 Å². The van der Waals surface area contributed by atoms with Crippen molar-refractivity contribution >= 4 is 0 Å². The minimum Gasteiger partial charge on any atom is -0.326 e. The van der Waals surface area contributed by atoms with Crippen molar-refractivity contribution in [3.8, 4) is 0 Å². The first-order valence-corrected chi connectivity index (χ1v) is 5.59. The largest absolute Gasteiger partial charge is 0.326 e. The topological polar surface area (TPSA) is 48.0 Å². The standard InChI is InChI=1S/C12H18N2O/c1-8(2)11-6-3-9(7-13)12(15)14(11)10-4-5-10/h3,6,8,10H,4-5,7,13H2,1-2H3. The number of pyridine rings is 1. The minimum absolute atomic E-state index is 0.117. The van der Waals surface area contributed by atoms with Crippen LogP contribution in [0.5, 0.6) is 0 Å². The fourth-order valence-corrected chi connectivity index (χ4v) is 1.94. The second-order valence-corrected chi connectivity index (χ2v) is 4.55. The number of hydrogen-bond donors (Lipinski definition) is 1. The van der Waals surface area contributed by atoms with E-state index >= 15 is 0 Å². The Kier molecular flexibility index (Phi) is 2.65. The SMILES string of the molecule is CC(C)c1ccc(CN)c(=O)n1C1CC1. The first-order valence-electron chi connectivity index (χ1n) is 5.59. The third-order valence-electron chi connectivity index (χ3n) is 2.95. The van der Waals surface area contributed by atoms with Crippen molar-refractivity contribution in [2.24, 2.45) is 5.73 Å². The zero-order valence-corrected chi connectivity index (χ0v) is 9.36. The van der Waals surface area contributed by atoms with Gasteiger partial charge in [0.15, 0.2) is 0 Å². The molecule has 0 amide bonds. The van der Waals surface area contributed by atoms with Crippen LogP contribution in [0.15, 0.2) is 16.9 Å². The summed E-state index contributed by atoms with van der Waals surface area (Å²) >= 11 is 0. The molecule has 3 heteroatoms. The summed E-state index contributed by atoms with van der Waals surface area (Å²) in [6.07, 6.45) is 2.27. The summed E-state index contributed by atoms with van der Waals surface area (Å²) in [5.74, 6) is 0.394. The zero-order chi connectivity index (χ0) is 11.0. The Labute approximate surface area is 89.9 Å². The average Bonchev–Trinajstić information content (AvgIpc) is 3.00. The maximum atomic E-state index is 12.1. The van der Waals surface area contributed by atoms with E-state index in [0.29, 0.717) is 18.5 Å². The Morgan fingerprint density at radius 2 is 2.13 bits per heavy atom. The summed E-state index contributed by atoms with van der Waals surface area (Å²) < 4.78 is 1.95. The molecule has 3 nitrogen and oxygen atoms in total. The Morgan fingerprint density at radius 3 is 2.60 bits per heavy atom. The molecule has 15 heavy (non-hydrogen) atoms. The summed E-state index contributed by atoms with van der Waals surface area (Å²) in [6.45, 7) is 4.58. The fourth-order valence-electron chi connectivity index (χ4n) is 1.94. The molecule has 2 rings (SSSR count). The van der Waals surface area contributed by atoms with Crippen LogP contribution in [0.2, 0.25) is 0 Å². The van der Waals surface area contributed by atoms with E-state index in [4.69, 9.17) is 5.73 Å². The van der Waals surface area contributed by atoms with Gasteiger partial charge < -0.3 is 10.3 Å². The minimum atomic E-state index is 0.117. The van der Waals surface area contributed by atoms with Gasteiger partial charge in [0.05, 0.1) is 0 Å². The van der Waals surface area contributed by atoms with E-state index in [2.05, 4.69) is 13.8 Å². The van der Waals surface area contributed by atoms with E-state index in [1.165, 1.54) is 0 Å². The lowest BCUT2D eigenvalue weighted by molar-refractivity contribution is 0.619. The predicted molar refractivity (Wildman–Crippen MR) is 61.0 cm³/mol. The maximum Gasteiger partial charge on any atom is 0.255 e. The maximum absolute atomic E-state index is 12.1. The molecule has 0 saturated heterocycles. The lowest BCUT2D eigenvalue weighted by Gasteiger charge is -2.16. The quantitative estimate of drug-likeness (QED) is 0.819. The fraction of sp³-hybridized carbons (Fsp3) is 0.583. The molecule has 1 aromatic heterocycles. The van der Waals surface area contributed by atoms with Crippen molar-refractivity contribution in [1.29, 1.82) is 0 Å². The molecule has 1 saturated carbocycles. The molecule has 2 N–H and O–H groups in total. The number of nitrogens with zero attached hydrogens (tertiary/aromatic N) is 1. The zero-order valence-electron chi connectivity index (χ0n) is 9.36. The smallest absolute Gasteiger partial charge is 0.255 e. The van der Waals surface area contributed by atoms with Crippen LogP contribution in [-0.4, -0.2) is 4.57 Å². The van der Waals surface area contributed by atoms with Crippen LogP contribution >= 0.6 is 0 Å². The van der Waals surface area contributed by atoms with Gasteiger partial charge in [-0.3, -0.25) is 4.79 Å². The van der Waals surface area contributed by atoms with Crippen molar-refractivity contribution in [3.05, 3.63) is 33.7 Å². The van der Waals surface area contributed by atoms with Gasteiger partial charge >= 0.3 is 0 Å². The second kappa shape index (κ2) is 3.81. The Hall–Kier alpha value is -1.09. The van der Waals surface area contributed by atoms with Crippen molar-refractivity contribution in [3.63, 3.8) is 0 Å². The summed E-state index contributed by atoms with van der Waals surface area (Å²) in [5.41, 5.74) is 7.54. The van der Waals surface area contributed by atoms with Gasteiger partial charge in [-0.05, 0) is 24.8 Å². The number of rotatable bonds is 3. The lowest BCUT2D eigenvalue weighted by atomic mass is 10.1. The van der Waals surface area contributed by atoms with Gasteiger partial charge in [-0.1, -0.05) is 19.9 Å². The highest BCUT2D eigenvalue weighted by Gasteiger charge is 2.27. The first kappa shape index (κ1) is 10.4. The average molecular weight is 206 g/mol. The Morgan fingerprint density at radius 1 is 1.47 bits per heavy atom. The summed E-state index contributed by atoms with van der Waals surface area (Å²) in [7, 11) is 0. The Bertz CT molecular complexity index is 416. The monoisotopic (exact) mass is 206 g/mol. The van der Waals surface area contributed by atoms with Crippen molar-refractivity contribution in [2.45, 2.75) is 45.2 Å². The highest BCUT2D eigenvalue weighted by atomic mass is 16.1. The summed E-state index contributed by atoms with van der Waals surface area (Å²) in [6, 6.07) is 4.35. The van der Waals surface area contributed by atoms with Crippen LogP contribution in [0.1, 0.15) is 49.9 Å². The van der Waals surface area contributed by atoms with Crippen LogP contribution in [0.4, 0.5) is 0 Å². The number of aromatic nitrogens is 1. The van der Waals surface area contributed by atoms with Crippen LogP contribution in [0, 0.1) is 0 Å². The molecule has 82 valence electrons. The molecule has 0 unspecified atom stereocenters. The van der Waals surface area contributed by atoms with Gasteiger partial charge in [-0.2, -0.15) is 0 Å². The second-order valence-electron chi connectivity index (χ2n) is 4.55. The van der Waals surface area contributed by atoms with Gasteiger partial charge in [0.25, 0.3) is 5.56 Å². The summed E-state index contributed by atoms with van der Waals surface area (Å²) in [4.78, 5) is 12.1. The molecule has 1 aliphatic carbocycles. The van der Waals surface area contributed by atoms with E-state index in [1.54, 1.807) is 0 Å². The van der Waals surface area contributed by atoms with Gasteiger partial charge in [-0.15, -0.1) is 0 Å². The molecule has 0 aromatic carbocycles. The molecule has 1 aliphatic rings. The molecule has 1 fully saturated rings. The highest BCUT2D eigenvalue weighted by Crippen LogP contribution is 2.35. The van der Waals surface area contributed by atoms with E-state index in [9.17, 15) is 4.79 Å². The third-order valence-corrected chi connectivity index (χ3v) is 2.95. The molecule has 1 heterocycles. The van der Waals surface area contributed by atoms with Crippen molar-refractivity contribution in [2.75, 3.05) is 0 Å². The lowest BCUT2D eigenvalue weighted by Crippen LogP contribution is -2.27. The van der Waals surface area contributed by atoms with Crippen LogP contribution in [0.3, 0.4) is 0 Å². The van der Waals surface area contributed by atoms with Crippen LogP contribution in [0.25, 0.3) is 0 Å². The normalized spacial score (nSPS) is 16.0. The molecule has 0 bridgehead atoms. The van der Waals surface area contributed by atoms with E-state index < -0.39 is 0 Å². The summed E-state index contributed by atoms with van der Waals surface area (Å²) in [5, 5.41) is 0. The van der Waals surface area contributed by atoms with Gasteiger partial charge in [-0.25, -0.2) is 0 Å². The van der Waals surface area contributed by atoms with Crippen molar-refractivity contribution < 1.29 is 0 Å². The van der Waals surface area contributed by atoms with Gasteiger partial charge in [0, 0.05) is 23.8 Å². The van der Waals surface area contributed by atoms with Crippen LogP contribution < -0.4 is 11.3 Å². The number of nitrogens with two attached hydrogens (primary N) is 1. The number of hydrogen-bond acceptors (Lipinski definition) is 2. The third kappa shape index (κ3) is 1.84. The van der Waals surface area contributed by atoms with Crippen LogP contribution in [-0.2, 0) is 6.54 Å². The molecule has 1 aromatic rings. The van der Waals surface area contributed by atoms with E-state index in [0.717, 1.165) is 24.1 Å². The molecule has 0 spiro atoms. The first-order chi connectivity index (χ1) is 7.15. The molecule has 0 atom stereocenters. The highest BCUT2D eigenvalue weighted by molar-refractivity contribution is 5.20. The molecular formula is C12H18N2O. The molecule has 0 aliphatic heterocycles. The molecular weight excluding hydrogens is 188 g/mol. The van der Waals surface area contributed by atoms with E-state index in [-0.39, 0.29) is 5.56 Å². The van der Waals surface area contributed by atoms with Crippen molar-refractivity contribution in [1.82, 2.24) is 4.57 Å². The molecule has 0 radical (unpaired) electrons.